The molecular formula is C20H22N4O3. The van der Waals surface area contributed by atoms with Crippen molar-refractivity contribution >= 4 is 5.91 Å². The predicted octanol–water partition coefficient (Wildman–Crippen LogP) is 2.04. The van der Waals surface area contributed by atoms with Crippen LogP contribution >= 0.6 is 0 Å². The van der Waals surface area contributed by atoms with E-state index in [0.29, 0.717) is 23.8 Å². The van der Waals surface area contributed by atoms with Crippen LogP contribution in [0.5, 0.6) is 0 Å². The fourth-order valence-corrected chi connectivity index (χ4v) is 3.65. The van der Waals surface area contributed by atoms with Crippen LogP contribution in [-0.4, -0.2) is 38.1 Å². The first-order valence-corrected chi connectivity index (χ1v) is 9.13. The van der Waals surface area contributed by atoms with Gasteiger partial charge in [0.25, 0.3) is 0 Å². The minimum Gasteiger partial charge on any atom is -0.391 e. The highest BCUT2D eigenvalue weighted by atomic mass is 16.5. The third-order valence-corrected chi connectivity index (χ3v) is 4.94. The first kappa shape index (κ1) is 17.5. The van der Waals surface area contributed by atoms with E-state index in [4.69, 9.17) is 4.52 Å². The van der Waals surface area contributed by atoms with Gasteiger partial charge in [-0.05, 0) is 24.8 Å². The first-order valence-electron chi connectivity index (χ1n) is 9.13. The third kappa shape index (κ3) is 4.25. The number of hydrogen-bond donors (Lipinski definition) is 2. The number of amides is 1. The summed E-state index contributed by atoms with van der Waals surface area (Å²) in [6, 6.07) is 13.1. The highest BCUT2D eigenvalue weighted by Crippen LogP contribution is 2.27. The molecule has 0 saturated heterocycles. The topological polar surface area (TPSA) is 93.2 Å². The largest absolute Gasteiger partial charge is 0.391 e. The van der Waals surface area contributed by atoms with E-state index < -0.39 is 6.10 Å². The van der Waals surface area contributed by atoms with E-state index >= 15 is 0 Å². The number of carbonyl (C=O) groups excluding carboxylic acids is 1. The molecule has 1 unspecified atom stereocenters. The van der Waals surface area contributed by atoms with Crippen molar-refractivity contribution in [1.29, 1.82) is 0 Å². The van der Waals surface area contributed by atoms with E-state index in [-0.39, 0.29) is 18.4 Å². The van der Waals surface area contributed by atoms with E-state index in [2.05, 4.69) is 15.6 Å². The number of rotatable bonds is 6. The number of nitrogens with one attached hydrogen (secondary N) is 1. The van der Waals surface area contributed by atoms with E-state index in [1.165, 1.54) is 0 Å². The van der Waals surface area contributed by atoms with Gasteiger partial charge < -0.3 is 14.9 Å². The van der Waals surface area contributed by atoms with Crippen LogP contribution in [0.4, 0.5) is 0 Å². The predicted molar refractivity (Wildman–Crippen MR) is 98.5 cm³/mol. The van der Waals surface area contributed by atoms with Crippen LogP contribution < -0.4 is 5.32 Å². The molecule has 3 atom stereocenters. The van der Waals surface area contributed by atoms with Crippen LogP contribution in [0.15, 0.2) is 59.4 Å². The van der Waals surface area contributed by atoms with E-state index in [1.807, 2.05) is 47.3 Å². The average molecular weight is 366 g/mol. The zero-order valence-electron chi connectivity index (χ0n) is 14.9. The molecule has 7 heteroatoms. The molecular weight excluding hydrogens is 344 g/mol. The van der Waals surface area contributed by atoms with E-state index in [0.717, 1.165) is 18.5 Å². The quantitative estimate of drug-likeness (QED) is 0.696. The Morgan fingerprint density at radius 2 is 2.11 bits per heavy atom. The maximum Gasteiger partial charge on any atom is 0.226 e. The summed E-state index contributed by atoms with van der Waals surface area (Å²) in [5.74, 6) is 0.771. The van der Waals surface area contributed by atoms with Gasteiger partial charge in [0.2, 0.25) is 5.91 Å². The number of nitrogens with zero attached hydrogens (tertiary/aromatic N) is 3. The Bertz CT molecular complexity index is 876. The fraction of sp³-hybridized carbons (Fsp3) is 0.350. The first-order chi connectivity index (χ1) is 13.2. The van der Waals surface area contributed by atoms with Gasteiger partial charge in [0.05, 0.1) is 24.3 Å². The summed E-state index contributed by atoms with van der Waals surface area (Å²) in [6.07, 6.45) is 4.64. The molecule has 3 aromatic rings. The summed E-state index contributed by atoms with van der Waals surface area (Å²) >= 11 is 0. The molecule has 1 aliphatic carbocycles. The molecule has 2 heterocycles. The Morgan fingerprint density at radius 1 is 1.26 bits per heavy atom. The molecule has 27 heavy (non-hydrogen) atoms. The number of aromatic nitrogens is 3. The zero-order chi connectivity index (χ0) is 18.6. The Kier molecular flexibility index (Phi) is 5.02. The van der Waals surface area contributed by atoms with Gasteiger partial charge >= 0.3 is 0 Å². The number of benzene rings is 1. The van der Waals surface area contributed by atoms with Crippen molar-refractivity contribution in [2.75, 3.05) is 0 Å². The summed E-state index contributed by atoms with van der Waals surface area (Å²) in [5.41, 5.74) is 1.50. The highest BCUT2D eigenvalue weighted by Gasteiger charge is 2.34. The number of carbonyl (C=O) groups is 1. The molecule has 4 rings (SSSR count). The Morgan fingerprint density at radius 3 is 2.89 bits per heavy atom. The molecule has 2 aromatic heterocycles. The van der Waals surface area contributed by atoms with Gasteiger partial charge in [0, 0.05) is 30.6 Å². The second kappa shape index (κ2) is 7.75. The molecule has 1 aromatic carbocycles. The standard InChI is InChI=1S/C20H22N4O3/c25-18-10-14(13-24-8-4-7-21-24)9-17(18)22-20(26)12-16-11-19(27-23-16)15-5-2-1-3-6-15/h1-8,11,14,17-18,25H,9-10,12-13H2,(H,22,26)/t14?,17-,18-/m1/s1. The SMILES string of the molecule is O=C(Cc1cc(-c2ccccc2)on1)N[C@@H]1CC(Cn2cccn2)C[C@H]1O. The summed E-state index contributed by atoms with van der Waals surface area (Å²) in [7, 11) is 0. The minimum absolute atomic E-state index is 0.128. The van der Waals surface area contributed by atoms with Gasteiger partial charge in [-0.3, -0.25) is 9.48 Å². The lowest BCUT2D eigenvalue weighted by Gasteiger charge is -2.16. The van der Waals surface area contributed by atoms with Crippen LogP contribution in [-0.2, 0) is 17.8 Å². The van der Waals surface area contributed by atoms with Crippen molar-refractivity contribution < 1.29 is 14.4 Å². The van der Waals surface area contributed by atoms with Gasteiger partial charge in [-0.25, -0.2) is 0 Å². The third-order valence-electron chi connectivity index (χ3n) is 4.94. The molecule has 2 N–H and O–H groups in total. The molecule has 140 valence electrons. The summed E-state index contributed by atoms with van der Waals surface area (Å²) in [5, 5.41) is 21.4. The van der Waals surface area contributed by atoms with Crippen LogP contribution in [0.3, 0.4) is 0 Å². The summed E-state index contributed by atoms with van der Waals surface area (Å²) in [6.45, 7) is 0.750. The lowest BCUT2D eigenvalue weighted by molar-refractivity contribution is -0.121. The van der Waals surface area contributed by atoms with Crippen molar-refractivity contribution in [3.05, 3.63) is 60.6 Å². The van der Waals surface area contributed by atoms with Crippen molar-refractivity contribution in [1.82, 2.24) is 20.3 Å². The molecule has 1 aliphatic rings. The Hall–Kier alpha value is -2.93. The molecule has 1 saturated carbocycles. The lowest BCUT2D eigenvalue weighted by atomic mass is 10.1. The molecule has 0 radical (unpaired) electrons. The van der Waals surface area contributed by atoms with Gasteiger partial charge in [-0.2, -0.15) is 5.10 Å². The van der Waals surface area contributed by atoms with Crippen LogP contribution in [0.25, 0.3) is 11.3 Å². The van der Waals surface area contributed by atoms with Crippen molar-refractivity contribution in [2.24, 2.45) is 5.92 Å². The van der Waals surface area contributed by atoms with Gasteiger partial charge in [-0.15, -0.1) is 0 Å². The monoisotopic (exact) mass is 366 g/mol. The Balaban J connectivity index is 1.31. The van der Waals surface area contributed by atoms with Crippen molar-refractivity contribution in [3.8, 4) is 11.3 Å². The average Bonchev–Trinajstić information content (AvgIpc) is 3.39. The summed E-state index contributed by atoms with van der Waals surface area (Å²) in [4.78, 5) is 12.4. The summed E-state index contributed by atoms with van der Waals surface area (Å²) < 4.78 is 7.19. The Labute approximate surface area is 157 Å². The fourth-order valence-electron chi connectivity index (χ4n) is 3.65. The zero-order valence-corrected chi connectivity index (χ0v) is 14.9. The van der Waals surface area contributed by atoms with Gasteiger partial charge in [0.1, 0.15) is 0 Å². The normalized spacial score (nSPS) is 22.0. The van der Waals surface area contributed by atoms with Crippen LogP contribution in [0, 0.1) is 5.92 Å². The van der Waals surface area contributed by atoms with E-state index in [1.54, 1.807) is 12.3 Å². The highest BCUT2D eigenvalue weighted by molar-refractivity contribution is 5.78. The maximum absolute atomic E-state index is 12.4. The molecule has 0 bridgehead atoms. The van der Waals surface area contributed by atoms with Crippen LogP contribution in [0.2, 0.25) is 0 Å². The lowest BCUT2D eigenvalue weighted by Crippen LogP contribution is -2.40. The molecule has 1 amide bonds. The van der Waals surface area contributed by atoms with Crippen molar-refractivity contribution in [3.63, 3.8) is 0 Å². The number of hydrogen-bond acceptors (Lipinski definition) is 5. The molecule has 0 aliphatic heterocycles. The second-order valence-corrected chi connectivity index (χ2v) is 7.03. The second-order valence-electron chi connectivity index (χ2n) is 7.03. The molecule has 7 nitrogen and oxygen atoms in total. The number of aliphatic hydroxyl groups is 1. The van der Waals surface area contributed by atoms with Crippen LogP contribution in [0.1, 0.15) is 18.5 Å². The van der Waals surface area contributed by atoms with Gasteiger partial charge in [0.15, 0.2) is 5.76 Å². The van der Waals surface area contributed by atoms with Gasteiger partial charge in [-0.1, -0.05) is 35.5 Å². The van der Waals surface area contributed by atoms with Crippen molar-refractivity contribution in [2.45, 2.75) is 38.0 Å². The molecule has 1 fully saturated rings. The minimum atomic E-state index is -0.535. The number of aliphatic hydroxyl groups excluding tert-OH is 1. The smallest absolute Gasteiger partial charge is 0.226 e. The van der Waals surface area contributed by atoms with E-state index in [9.17, 15) is 9.90 Å². The molecule has 0 spiro atoms. The maximum atomic E-state index is 12.4.